The third kappa shape index (κ3) is 3.69. The van der Waals surface area contributed by atoms with Crippen LogP contribution < -0.4 is 4.74 Å². The Kier molecular flexibility index (Phi) is 4.80. The number of hydrogen-bond donors (Lipinski definition) is 2. The van der Waals surface area contributed by atoms with E-state index >= 15 is 0 Å². The molecule has 2 rings (SSSR count). The molecule has 2 N–H and O–H groups in total. The second-order valence-corrected chi connectivity index (χ2v) is 5.23. The van der Waals surface area contributed by atoms with Crippen molar-refractivity contribution < 1.29 is 19.7 Å². The second-order valence-electron chi connectivity index (χ2n) is 5.23. The van der Waals surface area contributed by atoms with Gasteiger partial charge in [0.2, 0.25) is 0 Å². The van der Waals surface area contributed by atoms with Crippen LogP contribution in [0.1, 0.15) is 37.5 Å². The van der Waals surface area contributed by atoms with Gasteiger partial charge in [-0.15, -0.1) is 0 Å². The molecule has 2 unspecified atom stereocenters. The molecule has 0 spiro atoms. The molecule has 1 aromatic carbocycles. The number of benzene rings is 1. The molecule has 1 aliphatic carbocycles. The molecular formula is C15H22O4. The summed E-state index contributed by atoms with van der Waals surface area (Å²) in [5.74, 6) is 0.762. The van der Waals surface area contributed by atoms with Crippen LogP contribution in [0, 0.1) is 0 Å². The van der Waals surface area contributed by atoms with Crippen molar-refractivity contribution in [3.63, 3.8) is 0 Å². The topological polar surface area (TPSA) is 58.9 Å². The molecule has 0 aliphatic heterocycles. The Hall–Kier alpha value is -1.10. The molecule has 106 valence electrons. The van der Waals surface area contributed by atoms with Gasteiger partial charge in [0.25, 0.3) is 0 Å². The Bertz CT molecular complexity index is 417. The molecule has 1 aliphatic rings. The van der Waals surface area contributed by atoms with Gasteiger partial charge < -0.3 is 19.7 Å². The zero-order valence-corrected chi connectivity index (χ0v) is 11.5. The van der Waals surface area contributed by atoms with Gasteiger partial charge in [-0.05, 0) is 38.3 Å². The summed E-state index contributed by atoms with van der Waals surface area (Å²) in [4.78, 5) is 0. The molecule has 2 atom stereocenters. The lowest BCUT2D eigenvalue weighted by atomic mass is 10.1. The van der Waals surface area contributed by atoms with E-state index in [0.29, 0.717) is 0 Å². The van der Waals surface area contributed by atoms with Crippen molar-refractivity contribution in [1.29, 1.82) is 0 Å². The first kappa shape index (κ1) is 14.3. The number of aliphatic hydroxyl groups excluding tert-OH is 2. The number of aliphatic hydroxyl groups is 2. The van der Waals surface area contributed by atoms with Crippen molar-refractivity contribution in [3.8, 4) is 5.75 Å². The maximum Gasteiger partial charge on any atom is 0.122 e. The van der Waals surface area contributed by atoms with E-state index in [2.05, 4.69) is 0 Å². The molecule has 0 saturated heterocycles. The van der Waals surface area contributed by atoms with Gasteiger partial charge in [0.15, 0.2) is 0 Å². The summed E-state index contributed by atoms with van der Waals surface area (Å²) in [5, 5.41) is 19.6. The first-order chi connectivity index (χ1) is 9.08. The van der Waals surface area contributed by atoms with Gasteiger partial charge in [-0.2, -0.15) is 0 Å². The third-order valence-corrected chi connectivity index (χ3v) is 3.25. The Morgan fingerprint density at radius 3 is 2.84 bits per heavy atom. The van der Waals surface area contributed by atoms with Crippen LogP contribution in [0.25, 0.3) is 0 Å². The number of ether oxygens (including phenoxy) is 2. The van der Waals surface area contributed by atoms with E-state index in [1.807, 2.05) is 32.0 Å². The molecule has 0 bridgehead atoms. The highest BCUT2D eigenvalue weighted by molar-refractivity contribution is 5.44. The van der Waals surface area contributed by atoms with Gasteiger partial charge in [-0.1, -0.05) is 12.1 Å². The minimum atomic E-state index is -0.635. The fourth-order valence-corrected chi connectivity index (χ4v) is 2.27. The predicted octanol–water partition coefficient (Wildman–Crippen LogP) is 1.83. The van der Waals surface area contributed by atoms with Gasteiger partial charge in [-0.25, -0.2) is 0 Å². The lowest BCUT2D eigenvalue weighted by Gasteiger charge is -2.16. The van der Waals surface area contributed by atoms with Gasteiger partial charge in [0, 0.05) is 5.56 Å². The molecule has 0 amide bonds. The quantitative estimate of drug-likeness (QED) is 0.824. The molecule has 4 nitrogen and oxygen atoms in total. The highest BCUT2D eigenvalue weighted by Crippen LogP contribution is 2.36. The summed E-state index contributed by atoms with van der Waals surface area (Å²) in [6, 6.07) is 5.69. The SMILES string of the molecule is CC(C)OCC(O)COc1cccc2c1CCC2O. The average Bonchev–Trinajstić information content (AvgIpc) is 2.76. The molecule has 1 aromatic rings. The van der Waals surface area contributed by atoms with E-state index in [1.165, 1.54) is 0 Å². The monoisotopic (exact) mass is 266 g/mol. The van der Waals surface area contributed by atoms with Crippen molar-refractivity contribution in [2.75, 3.05) is 13.2 Å². The van der Waals surface area contributed by atoms with Crippen molar-refractivity contribution in [1.82, 2.24) is 0 Å². The fourth-order valence-electron chi connectivity index (χ4n) is 2.27. The molecule has 0 heterocycles. The molecule has 4 heteroatoms. The van der Waals surface area contributed by atoms with Crippen LogP contribution in [-0.2, 0) is 11.2 Å². The summed E-state index contributed by atoms with van der Waals surface area (Å²) >= 11 is 0. The van der Waals surface area contributed by atoms with E-state index in [0.717, 1.165) is 29.7 Å². The zero-order chi connectivity index (χ0) is 13.8. The highest BCUT2D eigenvalue weighted by atomic mass is 16.5. The van der Waals surface area contributed by atoms with Crippen LogP contribution in [-0.4, -0.2) is 35.6 Å². The number of hydrogen-bond acceptors (Lipinski definition) is 4. The number of rotatable bonds is 6. The van der Waals surface area contributed by atoms with E-state index in [9.17, 15) is 10.2 Å². The number of fused-ring (bicyclic) bond motifs is 1. The van der Waals surface area contributed by atoms with E-state index < -0.39 is 6.10 Å². The van der Waals surface area contributed by atoms with Crippen molar-refractivity contribution in [3.05, 3.63) is 29.3 Å². The average molecular weight is 266 g/mol. The Balaban J connectivity index is 1.90. The second kappa shape index (κ2) is 6.37. The summed E-state index contributed by atoms with van der Waals surface area (Å²) in [6.45, 7) is 4.34. The van der Waals surface area contributed by atoms with Crippen LogP contribution in [0.15, 0.2) is 18.2 Å². The third-order valence-electron chi connectivity index (χ3n) is 3.25. The first-order valence-corrected chi connectivity index (χ1v) is 6.80. The first-order valence-electron chi connectivity index (χ1n) is 6.80. The van der Waals surface area contributed by atoms with Crippen LogP contribution >= 0.6 is 0 Å². The predicted molar refractivity (Wildman–Crippen MR) is 72.3 cm³/mol. The van der Waals surface area contributed by atoms with Crippen molar-refractivity contribution in [2.45, 2.75) is 45.0 Å². The van der Waals surface area contributed by atoms with Gasteiger partial charge >= 0.3 is 0 Å². The summed E-state index contributed by atoms with van der Waals surface area (Å²) < 4.78 is 11.0. The largest absolute Gasteiger partial charge is 0.491 e. The normalized spacial score (nSPS) is 19.5. The minimum absolute atomic E-state index is 0.103. The fraction of sp³-hybridized carbons (Fsp3) is 0.600. The maximum absolute atomic E-state index is 9.80. The highest BCUT2D eigenvalue weighted by Gasteiger charge is 2.23. The van der Waals surface area contributed by atoms with Gasteiger partial charge in [-0.3, -0.25) is 0 Å². The summed E-state index contributed by atoms with van der Waals surface area (Å²) in [5.41, 5.74) is 2.01. The standard InChI is InChI=1S/C15H22O4/c1-10(2)18-8-11(16)9-19-15-5-3-4-12-13(15)6-7-14(12)17/h3-5,10-11,14,16-17H,6-9H2,1-2H3. The Morgan fingerprint density at radius 2 is 2.11 bits per heavy atom. The summed E-state index contributed by atoms with van der Waals surface area (Å²) in [7, 11) is 0. The van der Waals surface area contributed by atoms with Gasteiger partial charge in [0.1, 0.15) is 18.5 Å². The van der Waals surface area contributed by atoms with Crippen LogP contribution in [0.5, 0.6) is 5.75 Å². The van der Waals surface area contributed by atoms with Crippen molar-refractivity contribution >= 4 is 0 Å². The van der Waals surface area contributed by atoms with Crippen LogP contribution in [0.2, 0.25) is 0 Å². The van der Waals surface area contributed by atoms with E-state index in [4.69, 9.17) is 9.47 Å². The Morgan fingerprint density at radius 1 is 1.32 bits per heavy atom. The van der Waals surface area contributed by atoms with Gasteiger partial charge in [0.05, 0.1) is 18.8 Å². The molecule has 19 heavy (non-hydrogen) atoms. The smallest absolute Gasteiger partial charge is 0.122 e. The molecular weight excluding hydrogens is 244 g/mol. The zero-order valence-electron chi connectivity index (χ0n) is 11.5. The molecule has 0 fully saturated rings. The lowest BCUT2D eigenvalue weighted by Crippen LogP contribution is -2.25. The van der Waals surface area contributed by atoms with Crippen LogP contribution in [0.3, 0.4) is 0 Å². The van der Waals surface area contributed by atoms with Crippen molar-refractivity contribution in [2.24, 2.45) is 0 Å². The Labute approximate surface area is 114 Å². The maximum atomic E-state index is 9.80. The molecule has 0 saturated carbocycles. The molecule has 0 aromatic heterocycles. The molecule has 0 radical (unpaired) electrons. The van der Waals surface area contributed by atoms with E-state index in [-0.39, 0.29) is 25.4 Å². The minimum Gasteiger partial charge on any atom is -0.491 e. The van der Waals surface area contributed by atoms with Crippen LogP contribution in [0.4, 0.5) is 0 Å². The summed E-state index contributed by atoms with van der Waals surface area (Å²) in [6.07, 6.45) is 0.656. The van der Waals surface area contributed by atoms with E-state index in [1.54, 1.807) is 0 Å². The lowest BCUT2D eigenvalue weighted by molar-refractivity contribution is -0.0124.